The van der Waals surface area contributed by atoms with Gasteiger partial charge in [0.1, 0.15) is 5.75 Å². The molecule has 0 bridgehead atoms. The Morgan fingerprint density at radius 2 is 1.83 bits per heavy atom. The second-order valence-electron chi connectivity index (χ2n) is 4.43. The number of hydrogen-bond acceptors (Lipinski definition) is 1. The zero-order chi connectivity index (χ0) is 13.0. The first-order valence-corrected chi connectivity index (χ1v) is 6.94. The first-order valence-electron chi connectivity index (χ1n) is 6.02. The SMILES string of the molecule is COc1cccc(CC(Br)c2ccc(C)cc2)c1. The molecule has 94 valence electrons. The number of alkyl halides is 1. The summed E-state index contributed by atoms with van der Waals surface area (Å²) in [5, 5.41) is 0. The highest BCUT2D eigenvalue weighted by molar-refractivity contribution is 9.09. The van der Waals surface area contributed by atoms with E-state index in [1.54, 1.807) is 7.11 Å². The van der Waals surface area contributed by atoms with Crippen LogP contribution in [0.4, 0.5) is 0 Å². The molecule has 1 unspecified atom stereocenters. The third kappa shape index (κ3) is 3.36. The third-order valence-electron chi connectivity index (χ3n) is 2.99. The number of ether oxygens (including phenoxy) is 1. The van der Waals surface area contributed by atoms with Gasteiger partial charge in [-0.3, -0.25) is 0 Å². The number of methoxy groups -OCH3 is 1. The van der Waals surface area contributed by atoms with Gasteiger partial charge in [-0.2, -0.15) is 0 Å². The third-order valence-corrected chi connectivity index (χ3v) is 3.84. The minimum Gasteiger partial charge on any atom is -0.497 e. The summed E-state index contributed by atoms with van der Waals surface area (Å²) in [4.78, 5) is 0.338. The van der Waals surface area contributed by atoms with Crippen molar-refractivity contribution in [2.24, 2.45) is 0 Å². The molecule has 0 aliphatic carbocycles. The summed E-state index contributed by atoms with van der Waals surface area (Å²) in [5.41, 5.74) is 3.88. The van der Waals surface area contributed by atoms with Crippen LogP contribution in [0.1, 0.15) is 21.5 Å². The Bertz CT molecular complexity index is 505. The quantitative estimate of drug-likeness (QED) is 0.745. The molecule has 2 heteroatoms. The highest BCUT2D eigenvalue weighted by atomic mass is 79.9. The van der Waals surface area contributed by atoms with Gasteiger partial charge in [0, 0.05) is 4.83 Å². The highest BCUT2D eigenvalue weighted by Gasteiger charge is 2.08. The van der Waals surface area contributed by atoms with Crippen LogP contribution in [0.25, 0.3) is 0 Å². The highest BCUT2D eigenvalue weighted by Crippen LogP contribution is 2.28. The van der Waals surface area contributed by atoms with E-state index in [1.807, 2.05) is 12.1 Å². The van der Waals surface area contributed by atoms with E-state index in [4.69, 9.17) is 4.74 Å². The number of aryl methyl sites for hydroxylation is 1. The minimum atomic E-state index is 0.338. The van der Waals surface area contributed by atoms with Gasteiger partial charge < -0.3 is 4.74 Å². The van der Waals surface area contributed by atoms with Crippen LogP contribution in [0.3, 0.4) is 0 Å². The topological polar surface area (TPSA) is 9.23 Å². The van der Waals surface area contributed by atoms with Gasteiger partial charge in [0.2, 0.25) is 0 Å². The predicted molar refractivity (Wildman–Crippen MR) is 79.5 cm³/mol. The lowest BCUT2D eigenvalue weighted by Crippen LogP contribution is -1.96. The van der Waals surface area contributed by atoms with Gasteiger partial charge in [-0.1, -0.05) is 57.9 Å². The first kappa shape index (κ1) is 13.2. The molecule has 0 amide bonds. The van der Waals surface area contributed by atoms with Gasteiger partial charge in [-0.25, -0.2) is 0 Å². The van der Waals surface area contributed by atoms with E-state index in [-0.39, 0.29) is 0 Å². The summed E-state index contributed by atoms with van der Waals surface area (Å²) in [7, 11) is 1.70. The Morgan fingerprint density at radius 1 is 1.11 bits per heavy atom. The fourth-order valence-electron chi connectivity index (χ4n) is 1.90. The van der Waals surface area contributed by atoms with Gasteiger partial charge in [0.25, 0.3) is 0 Å². The Balaban J connectivity index is 2.10. The van der Waals surface area contributed by atoms with E-state index in [1.165, 1.54) is 16.7 Å². The van der Waals surface area contributed by atoms with Crippen LogP contribution in [-0.4, -0.2) is 7.11 Å². The number of benzene rings is 2. The van der Waals surface area contributed by atoms with Crippen molar-refractivity contribution in [2.45, 2.75) is 18.2 Å². The van der Waals surface area contributed by atoms with Crippen molar-refractivity contribution in [3.63, 3.8) is 0 Å². The van der Waals surface area contributed by atoms with Gasteiger partial charge in [0.05, 0.1) is 7.11 Å². The van der Waals surface area contributed by atoms with Crippen molar-refractivity contribution in [3.8, 4) is 5.75 Å². The Hall–Kier alpha value is -1.28. The first-order chi connectivity index (χ1) is 8.69. The second-order valence-corrected chi connectivity index (χ2v) is 5.54. The maximum Gasteiger partial charge on any atom is 0.119 e. The normalized spacial score (nSPS) is 12.2. The molecule has 0 aromatic heterocycles. The number of rotatable bonds is 4. The molecule has 2 rings (SSSR count). The van der Waals surface area contributed by atoms with Crippen molar-refractivity contribution >= 4 is 15.9 Å². The second kappa shape index (κ2) is 6.05. The van der Waals surface area contributed by atoms with E-state index < -0.39 is 0 Å². The predicted octanol–water partition coefficient (Wildman–Crippen LogP) is 4.68. The molecule has 2 aromatic rings. The maximum atomic E-state index is 5.24. The minimum absolute atomic E-state index is 0.338. The summed E-state index contributed by atoms with van der Waals surface area (Å²) in [6, 6.07) is 16.9. The van der Waals surface area contributed by atoms with Gasteiger partial charge in [-0.05, 0) is 36.6 Å². The lowest BCUT2D eigenvalue weighted by Gasteiger charge is -2.11. The molecular formula is C16H17BrO. The average Bonchev–Trinajstić information content (AvgIpc) is 2.39. The summed E-state index contributed by atoms with van der Waals surface area (Å²) >= 11 is 3.75. The van der Waals surface area contributed by atoms with Crippen molar-refractivity contribution in [3.05, 3.63) is 65.2 Å². The zero-order valence-corrected chi connectivity index (χ0v) is 12.3. The molecule has 0 heterocycles. The van der Waals surface area contributed by atoms with Crippen molar-refractivity contribution in [2.75, 3.05) is 7.11 Å². The maximum absolute atomic E-state index is 5.24. The van der Waals surface area contributed by atoms with E-state index >= 15 is 0 Å². The van der Waals surface area contributed by atoms with E-state index in [0.717, 1.165) is 12.2 Å². The molecule has 1 atom stereocenters. The molecule has 1 nitrogen and oxygen atoms in total. The molecule has 0 spiro atoms. The lowest BCUT2D eigenvalue weighted by atomic mass is 10.0. The van der Waals surface area contributed by atoms with Crippen molar-refractivity contribution in [1.82, 2.24) is 0 Å². The molecule has 0 N–H and O–H groups in total. The number of hydrogen-bond donors (Lipinski definition) is 0. The van der Waals surface area contributed by atoms with Crippen LogP contribution < -0.4 is 4.74 Å². The largest absolute Gasteiger partial charge is 0.497 e. The molecule has 0 aliphatic rings. The van der Waals surface area contributed by atoms with Crippen LogP contribution in [0.15, 0.2) is 48.5 Å². The fraction of sp³-hybridized carbons (Fsp3) is 0.250. The smallest absolute Gasteiger partial charge is 0.119 e. The summed E-state index contributed by atoms with van der Waals surface area (Å²) in [5.74, 6) is 0.913. The van der Waals surface area contributed by atoms with Crippen molar-refractivity contribution < 1.29 is 4.74 Å². The zero-order valence-electron chi connectivity index (χ0n) is 10.7. The van der Waals surface area contributed by atoms with Crippen LogP contribution in [0.5, 0.6) is 5.75 Å². The molecule has 18 heavy (non-hydrogen) atoms. The average molecular weight is 305 g/mol. The molecular weight excluding hydrogens is 288 g/mol. The Morgan fingerprint density at radius 3 is 2.50 bits per heavy atom. The molecule has 0 saturated carbocycles. The molecule has 0 saturated heterocycles. The molecule has 0 aliphatic heterocycles. The van der Waals surface area contributed by atoms with Crippen LogP contribution in [0.2, 0.25) is 0 Å². The summed E-state index contributed by atoms with van der Waals surface area (Å²) < 4.78 is 5.24. The van der Waals surface area contributed by atoms with E-state index in [9.17, 15) is 0 Å². The van der Waals surface area contributed by atoms with Crippen molar-refractivity contribution in [1.29, 1.82) is 0 Å². The van der Waals surface area contributed by atoms with Gasteiger partial charge >= 0.3 is 0 Å². The molecule has 2 aromatic carbocycles. The summed E-state index contributed by atoms with van der Waals surface area (Å²) in [6.45, 7) is 2.11. The Kier molecular flexibility index (Phi) is 4.43. The van der Waals surface area contributed by atoms with Gasteiger partial charge in [0.15, 0.2) is 0 Å². The summed E-state index contributed by atoms with van der Waals surface area (Å²) in [6.07, 6.45) is 0.959. The van der Waals surface area contributed by atoms with Gasteiger partial charge in [-0.15, -0.1) is 0 Å². The standard InChI is InChI=1S/C16H17BrO/c1-12-6-8-14(9-7-12)16(17)11-13-4-3-5-15(10-13)18-2/h3-10,16H,11H2,1-2H3. The van der Waals surface area contributed by atoms with Crippen LogP contribution >= 0.6 is 15.9 Å². The van der Waals surface area contributed by atoms with Crippen LogP contribution in [-0.2, 0) is 6.42 Å². The molecule has 0 fully saturated rings. The monoisotopic (exact) mass is 304 g/mol. The van der Waals surface area contributed by atoms with E-state index in [0.29, 0.717) is 4.83 Å². The van der Waals surface area contributed by atoms with Crippen LogP contribution in [0, 0.1) is 6.92 Å². The molecule has 0 radical (unpaired) electrons. The van der Waals surface area contributed by atoms with E-state index in [2.05, 4.69) is 59.3 Å². The lowest BCUT2D eigenvalue weighted by molar-refractivity contribution is 0.414. The fourth-order valence-corrected chi connectivity index (χ4v) is 2.58. The Labute approximate surface area is 117 Å². The number of halogens is 1.